The van der Waals surface area contributed by atoms with Crippen LogP contribution in [0.2, 0.25) is 0 Å². The van der Waals surface area contributed by atoms with Gasteiger partial charge >= 0.3 is 12.0 Å². The Hall–Kier alpha value is -4.15. The van der Waals surface area contributed by atoms with Crippen molar-refractivity contribution in [3.05, 3.63) is 46.5 Å². The van der Waals surface area contributed by atoms with Crippen LogP contribution in [0.25, 0.3) is 0 Å². The highest BCUT2D eigenvalue weighted by atomic mass is 16.5. The van der Waals surface area contributed by atoms with Crippen molar-refractivity contribution in [1.29, 1.82) is 0 Å². The second-order valence-corrected chi connectivity index (χ2v) is 10.6. The third-order valence-electron chi connectivity index (χ3n) is 7.52. The van der Waals surface area contributed by atoms with E-state index in [9.17, 15) is 14.4 Å². The van der Waals surface area contributed by atoms with Crippen molar-refractivity contribution >= 4 is 17.9 Å². The Morgan fingerprint density at radius 2 is 1.23 bits per heavy atom. The number of hydrogen-bond donors (Lipinski definition) is 1. The predicted octanol–water partition coefficient (Wildman–Crippen LogP) is 4.56. The van der Waals surface area contributed by atoms with Gasteiger partial charge in [-0.3, -0.25) is 9.59 Å². The first-order chi connectivity index (χ1) is 20.9. The number of fused-ring (bicyclic) bond motifs is 2. The van der Waals surface area contributed by atoms with Crippen LogP contribution in [0.3, 0.4) is 0 Å². The first-order valence-electron chi connectivity index (χ1n) is 15.0. The van der Waals surface area contributed by atoms with Gasteiger partial charge in [0.25, 0.3) is 0 Å². The molecule has 234 valence electrons. The van der Waals surface area contributed by atoms with Crippen molar-refractivity contribution in [3.63, 3.8) is 0 Å². The number of benzene rings is 2. The van der Waals surface area contributed by atoms with Crippen LogP contribution in [-0.4, -0.2) is 68.3 Å². The van der Waals surface area contributed by atoms with Crippen LogP contribution in [0.4, 0.5) is 4.79 Å². The van der Waals surface area contributed by atoms with E-state index in [2.05, 4.69) is 12.2 Å². The highest BCUT2D eigenvalue weighted by Gasteiger charge is 2.27. The Morgan fingerprint density at radius 3 is 1.72 bits per heavy atom. The molecule has 0 atom stereocenters. The molecule has 11 nitrogen and oxygen atoms in total. The lowest BCUT2D eigenvalue weighted by molar-refractivity contribution is -0.142. The fraction of sp³-hybridized carbons (Fsp3) is 0.531. The molecular formula is C32H43N3O8. The van der Waals surface area contributed by atoms with Gasteiger partial charge in [-0.25, -0.2) is 4.79 Å². The van der Waals surface area contributed by atoms with E-state index in [0.29, 0.717) is 81.8 Å². The molecule has 1 N–H and O–H groups in total. The van der Waals surface area contributed by atoms with Gasteiger partial charge in [0.05, 0.1) is 40.5 Å². The lowest BCUT2D eigenvalue weighted by Crippen LogP contribution is -2.37. The minimum atomic E-state index is -0.335. The maximum Gasteiger partial charge on any atom is 0.318 e. The van der Waals surface area contributed by atoms with Crippen LogP contribution >= 0.6 is 0 Å². The molecule has 0 fully saturated rings. The van der Waals surface area contributed by atoms with E-state index in [1.165, 1.54) is 0 Å². The van der Waals surface area contributed by atoms with E-state index in [1.807, 2.05) is 29.2 Å². The maximum atomic E-state index is 12.6. The van der Waals surface area contributed by atoms with Crippen LogP contribution in [0.15, 0.2) is 24.3 Å². The minimum Gasteiger partial charge on any atom is -0.493 e. The number of methoxy groups -OCH3 is 2. The normalized spacial score (nSPS) is 13.3. The van der Waals surface area contributed by atoms with Crippen molar-refractivity contribution in [2.24, 2.45) is 0 Å². The molecule has 2 heterocycles. The summed E-state index contributed by atoms with van der Waals surface area (Å²) in [5, 5.41) is 2.77. The van der Waals surface area contributed by atoms with Gasteiger partial charge in [0.1, 0.15) is 0 Å². The summed E-state index contributed by atoms with van der Waals surface area (Å²) in [7, 11) is 3.20. The van der Waals surface area contributed by atoms with Crippen LogP contribution < -0.4 is 24.3 Å². The number of rotatable bonds is 15. The zero-order valence-corrected chi connectivity index (χ0v) is 25.7. The number of carbonyl (C=O) groups excluding carboxylic acids is 3. The monoisotopic (exact) mass is 597 g/mol. The predicted molar refractivity (Wildman–Crippen MR) is 159 cm³/mol. The second kappa shape index (κ2) is 15.4. The molecular weight excluding hydrogens is 554 g/mol. The van der Waals surface area contributed by atoms with Gasteiger partial charge in [-0.1, -0.05) is 13.3 Å². The van der Waals surface area contributed by atoms with E-state index in [0.717, 1.165) is 35.1 Å². The highest BCUT2D eigenvalue weighted by molar-refractivity contribution is 5.77. The summed E-state index contributed by atoms with van der Waals surface area (Å²) < 4.78 is 28.1. The Labute approximate surface area is 253 Å². The smallest absolute Gasteiger partial charge is 0.318 e. The van der Waals surface area contributed by atoms with Crippen LogP contribution in [0, 0.1) is 0 Å². The third kappa shape index (κ3) is 8.24. The van der Waals surface area contributed by atoms with E-state index in [1.54, 1.807) is 26.0 Å². The molecule has 0 bridgehead atoms. The van der Waals surface area contributed by atoms with Gasteiger partial charge in [0.15, 0.2) is 23.0 Å². The lowest BCUT2D eigenvalue weighted by Gasteiger charge is -2.16. The average molecular weight is 598 g/mol. The van der Waals surface area contributed by atoms with Crippen molar-refractivity contribution in [2.75, 3.05) is 40.6 Å². The molecule has 2 aliphatic rings. The molecule has 3 amide bonds. The first-order valence-corrected chi connectivity index (χ1v) is 15.0. The standard InChI is InChI=1S/C32H43N3O8/c1-5-7-9-30(36)34-18-22-14-26(39-3)28(16-24(22)19-34)42-12-8-13-43-29-17-25-21-35(20-23(25)15-27(29)40-4)32(38)33-11-10-31(37)41-6-2/h14-17H,5-13,18-21H2,1-4H3,(H,33,38). The largest absolute Gasteiger partial charge is 0.493 e. The molecule has 0 spiro atoms. The van der Waals surface area contributed by atoms with Gasteiger partial charge in [-0.15, -0.1) is 0 Å². The van der Waals surface area contributed by atoms with Crippen molar-refractivity contribution < 1.29 is 38.1 Å². The van der Waals surface area contributed by atoms with Crippen LogP contribution in [0.1, 0.15) is 68.2 Å². The SMILES string of the molecule is CCCCC(=O)N1Cc2cc(OC)c(OCCCOc3cc4c(cc3OC)CN(C(=O)NCCC(=O)OCC)C4)cc2C1. The lowest BCUT2D eigenvalue weighted by atomic mass is 10.1. The topological polar surface area (TPSA) is 116 Å². The summed E-state index contributed by atoms with van der Waals surface area (Å²) in [5.41, 5.74) is 4.15. The zero-order chi connectivity index (χ0) is 30.8. The number of carbonyl (C=O) groups is 3. The maximum absolute atomic E-state index is 12.6. The molecule has 2 aromatic rings. The van der Waals surface area contributed by atoms with Gasteiger partial charge < -0.3 is 38.8 Å². The van der Waals surface area contributed by atoms with Gasteiger partial charge in [0.2, 0.25) is 5.91 Å². The number of nitrogens with one attached hydrogen (secondary N) is 1. The number of hydrogen-bond acceptors (Lipinski definition) is 8. The average Bonchev–Trinajstić information content (AvgIpc) is 3.62. The summed E-state index contributed by atoms with van der Waals surface area (Å²) in [6.45, 7) is 7.26. The van der Waals surface area contributed by atoms with E-state index >= 15 is 0 Å². The summed E-state index contributed by atoms with van der Waals surface area (Å²) in [5.74, 6) is 2.35. The molecule has 0 unspecified atom stereocenters. The van der Waals surface area contributed by atoms with Crippen LogP contribution in [0.5, 0.6) is 23.0 Å². The Kier molecular flexibility index (Phi) is 11.4. The number of urea groups is 1. The molecule has 4 rings (SSSR count). The Bertz CT molecular complexity index is 1300. The fourth-order valence-electron chi connectivity index (χ4n) is 5.20. The zero-order valence-electron chi connectivity index (χ0n) is 25.7. The molecule has 2 aromatic carbocycles. The number of nitrogens with zero attached hydrogens (tertiary/aromatic N) is 2. The molecule has 43 heavy (non-hydrogen) atoms. The first kappa shape index (κ1) is 31.8. The van der Waals surface area contributed by atoms with E-state index < -0.39 is 0 Å². The molecule has 0 aliphatic carbocycles. The quantitative estimate of drug-likeness (QED) is 0.235. The molecule has 0 saturated heterocycles. The van der Waals surface area contributed by atoms with Crippen LogP contribution in [-0.2, 0) is 40.5 Å². The summed E-state index contributed by atoms with van der Waals surface area (Å²) in [6.07, 6.45) is 3.23. The molecule has 0 aromatic heterocycles. The molecule has 11 heteroatoms. The molecule has 2 aliphatic heterocycles. The summed E-state index contributed by atoms with van der Waals surface area (Å²) >= 11 is 0. The Balaban J connectivity index is 1.26. The number of amides is 3. The van der Waals surface area contributed by atoms with Crippen molar-refractivity contribution in [1.82, 2.24) is 15.1 Å². The van der Waals surface area contributed by atoms with E-state index in [-0.39, 0.29) is 30.9 Å². The molecule has 0 radical (unpaired) electrons. The van der Waals surface area contributed by atoms with Gasteiger partial charge in [-0.2, -0.15) is 0 Å². The van der Waals surface area contributed by atoms with E-state index in [4.69, 9.17) is 23.7 Å². The number of unbranched alkanes of at least 4 members (excludes halogenated alkanes) is 1. The molecule has 0 saturated carbocycles. The highest BCUT2D eigenvalue weighted by Crippen LogP contribution is 2.37. The number of ether oxygens (including phenoxy) is 5. The Morgan fingerprint density at radius 1 is 0.721 bits per heavy atom. The second-order valence-electron chi connectivity index (χ2n) is 10.6. The fourth-order valence-corrected chi connectivity index (χ4v) is 5.20. The third-order valence-corrected chi connectivity index (χ3v) is 7.52. The summed E-state index contributed by atoms with van der Waals surface area (Å²) in [4.78, 5) is 40.2. The summed E-state index contributed by atoms with van der Waals surface area (Å²) in [6, 6.07) is 7.52. The van der Waals surface area contributed by atoms with Gasteiger partial charge in [0, 0.05) is 45.6 Å². The van der Waals surface area contributed by atoms with Gasteiger partial charge in [-0.05, 0) is 59.9 Å². The minimum absolute atomic E-state index is 0.133. The van der Waals surface area contributed by atoms with Crippen molar-refractivity contribution in [3.8, 4) is 23.0 Å². The number of esters is 1. The van der Waals surface area contributed by atoms with Crippen molar-refractivity contribution in [2.45, 2.75) is 72.1 Å².